The first-order valence-corrected chi connectivity index (χ1v) is 9.25. The first-order chi connectivity index (χ1) is 11.6. The van der Waals surface area contributed by atoms with Crippen molar-refractivity contribution >= 4 is 15.9 Å². The van der Waals surface area contributed by atoms with Crippen molar-refractivity contribution in [3.8, 4) is 5.75 Å². The number of hydrogen-bond donors (Lipinski definition) is 2. The van der Waals surface area contributed by atoms with Crippen molar-refractivity contribution in [3.05, 3.63) is 60.2 Å². The van der Waals surface area contributed by atoms with Crippen LogP contribution in [0.2, 0.25) is 0 Å². The summed E-state index contributed by atoms with van der Waals surface area (Å²) in [6, 6.07) is 15.1. The molecule has 0 aliphatic carbocycles. The number of nitrogens with one attached hydrogen (secondary N) is 2. The lowest BCUT2D eigenvalue weighted by atomic mass is 10.1. The van der Waals surface area contributed by atoms with E-state index in [4.69, 9.17) is 4.74 Å². The number of rotatable bonds is 5. The van der Waals surface area contributed by atoms with Crippen LogP contribution in [-0.2, 0) is 9.84 Å². The predicted molar refractivity (Wildman–Crippen MR) is 89.7 cm³/mol. The van der Waals surface area contributed by atoms with Crippen molar-refractivity contribution in [2.45, 2.75) is 10.9 Å². The number of sulfone groups is 1. The quantitative estimate of drug-likeness (QED) is 0.810. The van der Waals surface area contributed by atoms with E-state index in [-0.39, 0.29) is 5.75 Å². The predicted octanol–water partition coefficient (Wildman–Crippen LogP) is 1.89. The maximum Gasteiger partial charge on any atom is 0.315 e. The number of amides is 2. The second-order valence-electron chi connectivity index (χ2n) is 5.43. The van der Waals surface area contributed by atoms with Crippen LogP contribution in [0.1, 0.15) is 11.6 Å². The van der Waals surface area contributed by atoms with Gasteiger partial charge in [-0.05, 0) is 23.8 Å². The second kappa shape index (κ2) is 6.92. The van der Waals surface area contributed by atoms with Crippen molar-refractivity contribution in [1.29, 1.82) is 0 Å². The van der Waals surface area contributed by atoms with E-state index in [2.05, 4.69) is 10.6 Å². The van der Waals surface area contributed by atoms with E-state index < -0.39 is 21.9 Å². The summed E-state index contributed by atoms with van der Waals surface area (Å²) in [7, 11) is -3.33. The van der Waals surface area contributed by atoms with Gasteiger partial charge in [0.05, 0.1) is 23.2 Å². The summed E-state index contributed by atoms with van der Waals surface area (Å²) >= 11 is 0. The zero-order valence-corrected chi connectivity index (χ0v) is 13.8. The summed E-state index contributed by atoms with van der Waals surface area (Å²) in [6.07, 6.45) is 0. The van der Waals surface area contributed by atoms with Gasteiger partial charge in [-0.3, -0.25) is 0 Å². The van der Waals surface area contributed by atoms with Gasteiger partial charge in [0.25, 0.3) is 0 Å². The largest absolute Gasteiger partial charge is 0.492 e. The van der Waals surface area contributed by atoms with Crippen LogP contribution in [-0.4, -0.2) is 33.4 Å². The molecule has 24 heavy (non-hydrogen) atoms. The summed E-state index contributed by atoms with van der Waals surface area (Å²) in [4.78, 5) is 12.3. The molecule has 2 amide bonds. The molecule has 1 atom stereocenters. The third-order valence-electron chi connectivity index (χ3n) is 3.72. The van der Waals surface area contributed by atoms with E-state index in [1.54, 1.807) is 24.3 Å². The van der Waals surface area contributed by atoms with Gasteiger partial charge in [0, 0.05) is 0 Å². The molecule has 6 nitrogen and oxygen atoms in total. The fourth-order valence-electron chi connectivity index (χ4n) is 2.63. The van der Waals surface area contributed by atoms with Crippen LogP contribution in [0.25, 0.3) is 0 Å². The van der Waals surface area contributed by atoms with Crippen molar-refractivity contribution in [1.82, 2.24) is 10.6 Å². The van der Waals surface area contributed by atoms with Crippen LogP contribution < -0.4 is 15.4 Å². The van der Waals surface area contributed by atoms with Crippen LogP contribution >= 0.6 is 0 Å². The number of ether oxygens (including phenoxy) is 1. The number of hydrogen-bond acceptors (Lipinski definition) is 4. The highest BCUT2D eigenvalue weighted by atomic mass is 32.2. The summed E-state index contributed by atoms with van der Waals surface area (Å²) in [5, 5.41) is 5.37. The van der Waals surface area contributed by atoms with Crippen molar-refractivity contribution in [2.24, 2.45) is 0 Å². The lowest BCUT2D eigenvalue weighted by Gasteiger charge is -2.14. The van der Waals surface area contributed by atoms with Gasteiger partial charge in [0.15, 0.2) is 9.84 Å². The molecule has 0 spiro atoms. The molecule has 2 aromatic rings. The molecule has 3 rings (SSSR count). The van der Waals surface area contributed by atoms with Crippen LogP contribution in [0.5, 0.6) is 5.75 Å². The number of urea groups is 1. The first-order valence-electron chi connectivity index (χ1n) is 7.60. The molecule has 1 heterocycles. The number of benzene rings is 2. The van der Waals surface area contributed by atoms with E-state index in [1.165, 1.54) is 0 Å². The minimum atomic E-state index is -3.33. The fraction of sp³-hybridized carbons (Fsp3) is 0.235. The Morgan fingerprint density at radius 1 is 1.08 bits per heavy atom. The topological polar surface area (TPSA) is 84.5 Å². The summed E-state index contributed by atoms with van der Waals surface area (Å²) < 4.78 is 29.6. The molecule has 0 bridgehead atoms. The minimum Gasteiger partial charge on any atom is -0.492 e. The average Bonchev–Trinajstić information content (AvgIpc) is 2.84. The Balaban J connectivity index is 1.49. The molecular formula is C17H18N2O4S. The zero-order chi connectivity index (χ0) is 17.0. The highest BCUT2D eigenvalue weighted by Crippen LogP contribution is 2.32. The standard InChI is InChI=1S/C17H18N2O4S/c20-17(18-10-11-23-13-6-2-1-3-7-13)19-15-12-24(21,22)16-9-5-4-8-14(15)16/h1-9,15H,10-12H2,(H2,18,19,20)/t15-/m1/s1. The monoisotopic (exact) mass is 346 g/mol. The van der Waals surface area contributed by atoms with E-state index >= 15 is 0 Å². The van der Waals surface area contributed by atoms with Crippen LogP contribution in [0.4, 0.5) is 4.79 Å². The van der Waals surface area contributed by atoms with E-state index in [1.807, 2.05) is 30.3 Å². The maximum atomic E-state index is 12.1. The maximum absolute atomic E-state index is 12.1. The number of fused-ring (bicyclic) bond motifs is 1. The molecule has 0 fully saturated rings. The molecule has 1 aliphatic heterocycles. The molecule has 126 valence electrons. The molecule has 1 aliphatic rings. The molecule has 0 unspecified atom stereocenters. The Kier molecular flexibility index (Phi) is 4.71. The summed E-state index contributed by atoms with van der Waals surface area (Å²) in [6.45, 7) is 0.652. The Morgan fingerprint density at radius 2 is 1.79 bits per heavy atom. The Hall–Kier alpha value is -2.54. The van der Waals surface area contributed by atoms with Crippen molar-refractivity contribution in [3.63, 3.8) is 0 Å². The third kappa shape index (κ3) is 3.68. The number of carbonyl (C=O) groups is 1. The summed E-state index contributed by atoms with van der Waals surface area (Å²) in [5.74, 6) is 0.621. The molecular weight excluding hydrogens is 328 g/mol. The Labute approximate surface area is 140 Å². The smallest absolute Gasteiger partial charge is 0.315 e. The number of carbonyl (C=O) groups excluding carboxylic acids is 1. The van der Waals surface area contributed by atoms with Gasteiger partial charge in [0.2, 0.25) is 0 Å². The van der Waals surface area contributed by atoms with Crippen LogP contribution in [0.15, 0.2) is 59.5 Å². The highest BCUT2D eigenvalue weighted by molar-refractivity contribution is 7.91. The molecule has 0 aromatic heterocycles. The fourth-order valence-corrected chi connectivity index (χ4v) is 4.37. The molecule has 7 heteroatoms. The van der Waals surface area contributed by atoms with E-state index in [9.17, 15) is 13.2 Å². The van der Waals surface area contributed by atoms with Gasteiger partial charge < -0.3 is 15.4 Å². The van der Waals surface area contributed by atoms with Gasteiger partial charge in [-0.1, -0.05) is 36.4 Å². The molecule has 0 saturated heterocycles. The molecule has 0 radical (unpaired) electrons. The van der Waals surface area contributed by atoms with Gasteiger partial charge in [0.1, 0.15) is 12.4 Å². The molecule has 2 aromatic carbocycles. The molecule has 0 saturated carbocycles. The van der Waals surface area contributed by atoms with Crippen molar-refractivity contribution in [2.75, 3.05) is 18.9 Å². The van der Waals surface area contributed by atoms with E-state index in [0.717, 1.165) is 5.75 Å². The minimum absolute atomic E-state index is 0.111. The SMILES string of the molecule is O=C(NCCOc1ccccc1)N[C@@H]1CS(=O)(=O)c2ccccc21. The Morgan fingerprint density at radius 3 is 2.58 bits per heavy atom. The van der Waals surface area contributed by atoms with Gasteiger partial charge in [-0.15, -0.1) is 0 Å². The van der Waals surface area contributed by atoms with Crippen molar-refractivity contribution < 1.29 is 17.9 Å². The van der Waals surface area contributed by atoms with Gasteiger partial charge >= 0.3 is 6.03 Å². The van der Waals surface area contributed by atoms with E-state index in [0.29, 0.717) is 23.6 Å². The molecule has 2 N–H and O–H groups in total. The van der Waals surface area contributed by atoms with Crippen LogP contribution in [0.3, 0.4) is 0 Å². The third-order valence-corrected chi connectivity index (χ3v) is 5.53. The summed E-state index contributed by atoms with van der Waals surface area (Å²) in [5.41, 5.74) is 0.633. The Bertz CT molecular complexity index is 821. The second-order valence-corrected chi connectivity index (χ2v) is 7.44. The van der Waals surface area contributed by atoms with Crippen LogP contribution in [0, 0.1) is 0 Å². The zero-order valence-electron chi connectivity index (χ0n) is 12.9. The lowest BCUT2D eigenvalue weighted by molar-refractivity contribution is 0.234. The highest BCUT2D eigenvalue weighted by Gasteiger charge is 2.35. The first kappa shape index (κ1) is 16.3. The lowest BCUT2D eigenvalue weighted by Crippen LogP contribution is -2.40. The normalized spacial score (nSPS) is 17.8. The van der Waals surface area contributed by atoms with Gasteiger partial charge in [-0.2, -0.15) is 0 Å². The average molecular weight is 346 g/mol. The number of para-hydroxylation sites is 1. The van der Waals surface area contributed by atoms with Gasteiger partial charge in [-0.25, -0.2) is 13.2 Å².